The van der Waals surface area contributed by atoms with Gasteiger partial charge in [0.15, 0.2) is 6.04 Å². The molecule has 1 aromatic rings. The summed E-state index contributed by atoms with van der Waals surface area (Å²) in [6, 6.07) is 8.23. The third kappa shape index (κ3) is 3.95. The molecule has 6 nitrogen and oxygen atoms in total. The van der Waals surface area contributed by atoms with Crippen LogP contribution >= 0.6 is 0 Å². The number of amides is 1. The van der Waals surface area contributed by atoms with Gasteiger partial charge >= 0.3 is 12.1 Å². The van der Waals surface area contributed by atoms with Crippen LogP contribution < -0.4 is 0 Å². The molecule has 1 heterocycles. The van der Waals surface area contributed by atoms with Gasteiger partial charge in [-0.15, -0.1) is 0 Å². The minimum absolute atomic E-state index is 0.0389. The zero-order chi connectivity index (χ0) is 15.5. The van der Waals surface area contributed by atoms with Crippen LogP contribution in [0, 0.1) is 0 Å². The van der Waals surface area contributed by atoms with Crippen LogP contribution in [0.1, 0.15) is 19.4 Å². The van der Waals surface area contributed by atoms with Crippen LogP contribution in [0.15, 0.2) is 30.3 Å². The molecular weight excluding hydrogens is 274 g/mol. The molecule has 1 fully saturated rings. The van der Waals surface area contributed by atoms with Crippen molar-refractivity contribution in [1.29, 1.82) is 0 Å². The summed E-state index contributed by atoms with van der Waals surface area (Å²) in [5.41, 5.74) is 0.266. The molecule has 1 saturated heterocycles. The minimum atomic E-state index is -1.10. The lowest BCUT2D eigenvalue weighted by atomic mass is 10.1. The van der Waals surface area contributed by atoms with E-state index in [0.717, 1.165) is 5.56 Å². The maximum atomic E-state index is 12.2. The summed E-state index contributed by atoms with van der Waals surface area (Å²) in [6.45, 7) is 3.87. The molecule has 0 saturated carbocycles. The molecule has 1 atom stereocenters. The van der Waals surface area contributed by atoms with Gasteiger partial charge < -0.3 is 14.6 Å². The SMILES string of the molecule is CC1(C)CN(C(=O)OCc2ccccc2)C(C(=O)O)CO1. The van der Waals surface area contributed by atoms with Crippen LogP contribution in [0.3, 0.4) is 0 Å². The van der Waals surface area contributed by atoms with Gasteiger partial charge in [0.25, 0.3) is 0 Å². The van der Waals surface area contributed by atoms with Gasteiger partial charge in [0, 0.05) is 0 Å². The first-order chi connectivity index (χ1) is 9.89. The highest BCUT2D eigenvalue weighted by Gasteiger charge is 2.41. The number of carbonyl (C=O) groups excluding carboxylic acids is 1. The van der Waals surface area contributed by atoms with E-state index in [-0.39, 0.29) is 19.8 Å². The summed E-state index contributed by atoms with van der Waals surface area (Å²) in [4.78, 5) is 24.6. The van der Waals surface area contributed by atoms with Gasteiger partial charge in [-0.25, -0.2) is 9.59 Å². The molecule has 1 aliphatic heterocycles. The van der Waals surface area contributed by atoms with Crippen molar-refractivity contribution in [3.05, 3.63) is 35.9 Å². The van der Waals surface area contributed by atoms with Crippen molar-refractivity contribution in [2.24, 2.45) is 0 Å². The monoisotopic (exact) mass is 293 g/mol. The topological polar surface area (TPSA) is 76.1 Å². The first kappa shape index (κ1) is 15.3. The summed E-state index contributed by atoms with van der Waals surface area (Å²) in [7, 11) is 0. The zero-order valence-electron chi connectivity index (χ0n) is 12.1. The predicted molar refractivity (Wildman–Crippen MR) is 74.8 cm³/mol. The standard InChI is InChI=1S/C15H19NO5/c1-15(2)10-16(12(9-21-15)13(17)18)14(19)20-8-11-6-4-3-5-7-11/h3-7,12H,8-10H2,1-2H3,(H,17,18). The number of rotatable bonds is 3. The number of carboxylic acids is 1. The van der Waals surface area contributed by atoms with E-state index < -0.39 is 23.7 Å². The largest absolute Gasteiger partial charge is 0.480 e. The van der Waals surface area contributed by atoms with Crippen LogP contribution in [0.2, 0.25) is 0 Å². The van der Waals surface area contributed by atoms with Crippen molar-refractivity contribution in [3.8, 4) is 0 Å². The fourth-order valence-corrected chi connectivity index (χ4v) is 2.16. The quantitative estimate of drug-likeness (QED) is 0.921. The molecule has 0 aromatic heterocycles. The van der Waals surface area contributed by atoms with Crippen molar-refractivity contribution >= 4 is 12.1 Å². The summed E-state index contributed by atoms with van der Waals surface area (Å²) >= 11 is 0. The maximum Gasteiger partial charge on any atom is 0.411 e. The number of aliphatic carboxylic acids is 1. The van der Waals surface area contributed by atoms with E-state index in [1.54, 1.807) is 0 Å². The Morgan fingerprint density at radius 3 is 2.67 bits per heavy atom. The molecule has 0 aliphatic carbocycles. The van der Waals surface area contributed by atoms with Gasteiger partial charge in [-0.05, 0) is 19.4 Å². The van der Waals surface area contributed by atoms with Crippen LogP contribution in [0.4, 0.5) is 4.79 Å². The van der Waals surface area contributed by atoms with E-state index >= 15 is 0 Å². The van der Waals surface area contributed by atoms with Crippen molar-refractivity contribution < 1.29 is 24.2 Å². The van der Waals surface area contributed by atoms with Gasteiger partial charge in [0.1, 0.15) is 6.61 Å². The first-order valence-corrected chi connectivity index (χ1v) is 6.73. The molecule has 1 N–H and O–H groups in total. The Kier molecular flexibility index (Phi) is 4.47. The van der Waals surface area contributed by atoms with Gasteiger partial charge in [-0.2, -0.15) is 0 Å². The molecule has 1 aliphatic rings. The molecule has 114 valence electrons. The summed E-state index contributed by atoms with van der Waals surface area (Å²) in [5.74, 6) is -1.10. The van der Waals surface area contributed by atoms with Crippen LogP contribution in [0.25, 0.3) is 0 Å². The molecular formula is C15H19NO5. The van der Waals surface area contributed by atoms with Crippen LogP contribution in [-0.4, -0.2) is 46.9 Å². The number of carboxylic acid groups (broad SMARTS) is 1. The van der Waals surface area contributed by atoms with Gasteiger partial charge in [0.05, 0.1) is 18.8 Å². The third-order valence-corrected chi connectivity index (χ3v) is 3.28. The van der Waals surface area contributed by atoms with Crippen molar-refractivity contribution in [2.75, 3.05) is 13.2 Å². The molecule has 0 radical (unpaired) electrons. The molecule has 1 amide bonds. The second-order valence-electron chi connectivity index (χ2n) is 5.59. The zero-order valence-corrected chi connectivity index (χ0v) is 12.1. The number of ether oxygens (including phenoxy) is 2. The Balaban J connectivity index is 2.02. The lowest BCUT2D eigenvalue weighted by Gasteiger charge is -2.41. The smallest absolute Gasteiger partial charge is 0.411 e. The maximum absolute atomic E-state index is 12.2. The Hall–Kier alpha value is -2.08. The predicted octanol–water partition coefficient (Wildman–Crippen LogP) is 1.89. The molecule has 6 heteroatoms. The summed E-state index contributed by atoms with van der Waals surface area (Å²) in [5, 5.41) is 9.18. The van der Waals surface area contributed by atoms with E-state index in [4.69, 9.17) is 9.47 Å². The molecule has 2 rings (SSSR count). The molecule has 0 bridgehead atoms. The highest BCUT2D eigenvalue weighted by atomic mass is 16.6. The minimum Gasteiger partial charge on any atom is -0.480 e. The number of morpholine rings is 1. The average molecular weight is 293 g/mol. The van der Waals surface area contributed by atoms with Gasteiger partial charge in [0.2, 0.25) is 0 Å². The van der Waals surface area contributed by atoms with Crippen LogP contribution in [0.5, 0.6) is 0 Å². The number of nitrogens with zero attached hydrogens (tertiary/aromatic N) is 1. The molecule has 1 unspecified atom stereocenters. The van der Waals surface area contributed by atoms with Gasteiger partial charge in [-0.3, -0.25) is 4.90 Å². The van der Waals surface area contributed by atoms with Crippen molar-refractivity contribution in [1.82, 2.24) is 4.90 Å². The molecule has 21 heavy (non-hydrogen) atoms. The van der Waals surface area contributed by atoms with Crippen LogP contribution in [-0.2, 0) is 20.9 Å². The second-order valence-corrected chi connectivity index (χ2v) is 5.59. The molecule has 0 spiro atoms. The number of hydrogen-bond acceptors (Lipinski definition) is 4. The van der Waals surface area contributed by atoms with Crippen molar-refractivity contribution in [2.45, 2.75) is 32.1 Å². The summed E-state index contributed by atoms with van der Waals surface area (Å²) in [6.07, 6.45) is -0.636. The molecule has 1 aromatic carbocycles. The average Bonchev–Trinajstić information content (AvgIpc) is 2.44. The lowest BCUT2D eigenvalue weighted by Crippen LogP contribution is -2.58. The van der Waals surface area contributed by atoms with E-state index in [1.165, 1.54) is 4.90 Å². The van der Waals surface area contributed by atoms with Gasteiger partial charge in [-0.1, -0.05) is 30.3 Å². The number of benzene rings is 1. The number of hydrogen-bond donors (Lipinski definition) is 1. The second kappa shape index (κ2) is 6.13. The Bertz CT molecular complexity index is 514. The fourth-order valence-electron chi connectivity index (χ4n) is 2.16. The number of carbonyl (C=O) groups is 2. The normalized spacial score (nSPS) is 20.9. The Morgan fingerprint density at radius 1 is 1.38 bits per heavy atom. The highest BCUT2D eigenvalue weighted by Crippen LogP contribution is 2.22. The van der Waals surface area contributed by atoms with Crippen molar-refractivity contribution in [3.63, 3.8) is 0 Å². The third-order valence-electron chi connectivity index (χ3n) is 3.28. The fraction of sp³-hybridized carbons (Fsp3) is 0.467. The van der Waals surface area contributed by atoms with E-state index in [1.807, 2.05) is 44.2 Å². The highest BCUT2D eigenvalue weighted by molar-refractivity contribution is 5.80. The summed E-state index contributed by atoms with van der Waals surface area (Å²) < 4.78 is 10.7. The lowest BCUT2D eigenvalue weighted by molar-refractivity contribution is -0.159. The Morgan fingerprint density at radius 2 is 2.05 bits per heavy atom. The van der Waals surface area contributed by atoms with E-state index in [0.29, 0.717) is 0 Å². The first-order valence-electron chi connectivity index (χ1n) is 6.73. The van der Waals surface area contributed by atoms with E-state index in [2.05, 4.69) is 0 Å². The Labute approximate surface area is 123 Å². The van der Waals surface area contributed by atoms with E-state index in [9.17, 15) is 14.7 Å².